The Balaban J connectivity index is 0.00000113. The number of likely N-dealkylation sites (tertiary alicyclic amines) is 1. The zero-order valence-corrected chi connectivity index (χ0v) is 17.1. The Labute approximate surface area is 171 Å². The van der Waals surface area contributed by atoms with E-state index in [0.717, 1.165) is 56.7 Å². The lowest BCUT2D eigenvalue weighted by molar-refractivity contribution is 0.207. The van der Waals surface area contributed by atoms with Crippen LogP contribution in [0.25, 0.3) is 11.2 Å². The number of fused-ring (bicyclic) bond motifs is 1. The zero-order chi connectivity index (χ0) is 15.8. The molecule has 0 amide bonds. The van der Waals surface area contributed by atoms with Crippen molar-refractivity contribution in [3.8, 4) is 5.75 Å². The fraction of sp³-hybridized carbons (Fsp3) is 0.625. The highest BCUT2D eigenvalue weighted by atomic mass is 35.5. The van der Waals surface area contributed by atoms with E-state index < -0.39 is 0 Å². The minimum absolute atomic E-state index is 0. The summed E-state index contributed by atoms with van der Waals surface area (Å²) in [4.78, 5) is 21.9. The molecule has 1 atom stereocenters. The first-order valence-corrected chi connectivity index (χ1v) is 8.37. The van der Waals surface area contributed by atoms with Gasteiger partial charge in [0.2, 0.25) is 0 Å². The van der Waals surface area contributed by atoms with E-state index in [9.17, 15) is 4.79 Å². The molecule has 0 spiro atoms. The second-order valence-electron chi connectivity index (χ2n) is 6.61. The van der Waals surface area contributed by atoms with Crippen molar-refractivity contribution in [1.29, 1.82) is 0 Å². The number of piperidine rings is 1. The minimum atomic E-state index is -0.0721. The van der Waals surface area contributed by atoms with Crippen LogP contribution in [0, 0.1) is 0 Å². The molecule has 4 rings (SSSR count). The number of H-pyrrole nitrogens is 1. The van der Waals surface area contributed by atoms with E-state index in [2.05, 4.69) is 27.2 Å². The van der Waals surface area contributed by atoms with Crippen molar-refractivity contribution in [2.45, 2.75) is 31.4 Å². The fourth-order valence-electron chi connectivity index (χ4n) is 3.66. The Morgan fingerprint density at radius 2 is 1.92 bits per heavy atom. The average Bonchev–Trinajstić information content (AvgIpc) is 3.10. The van der Waals surface area contributed by atoms with Crippen LogP contribution in [-0.4, -0.2) is 58.8 Å². The van der Waals surface area contributed by atoms with Gasteiger partial charge in [0.05, 0.1) is 11.7 Å². The molecular weight excluding hydrogens is 401 g/mol. The number of likely N-dealkylation sites (N-methyl/N-ethyl adjacent to an activating group) is 1. The maximum Gasteiger partial charge on any atom is 0.327 e. The first-order valence-electron chi connectivity index (χ1n) is 8.37. The molecule has 148 valence electrons. The molecule has 7 nitrogen and oxygen atoms in total. The van der Waals surface area contributed by atoms with Gasteiger partial charge in [0.15, 0.2) is 5.65 Å². The van der Waals surface area contributed by atoms with Gasteiger partial charge in [0.25, 0.3) is 0 Å². The third-order valence-corrected chi connectivity index (χ3v) is 4.87. The summed E-state index contributed by atoms with van der Waals surface area (Å²) in [7, 11) is 2.10. The summed E-state index contributed by atoms with van der Waals surface area (Å²) in [5.74, 6) is 0.750. The van der Waals surface area contributed by atoms with E-state index in [-0.39, 0.29) is 55.1 Å². The van der Waals surface area contributed by atoms with Crippen LogP contribution in [0.15, 0.2) is 17.1 Å². The van der Waals surface area contributed by atoms with Gasteiger partial charge in [0.1, 0.15) is 11.9 Å². The summed E-state index contributed by atoms with van der Waals surface area (Å²) in [6, 6.07) is 2.19. The number of hydrogen-bond acceptors (Lipinski definition) is 5. The van der Waals surface area contributed by atoms with Gasteiger partial charge in [-0.05, 0) is 39.4 Å². The van der Waals surface area contributed by atoms with Gasteiger partial charge in [0, 0.05) is 25.2 Å². The number of rotatable bonds is 3. The molecule has 2 saturated heterocycles. The van der Waals surface area contributed by atoms with E-state index in [4.69, 9.17) is 4.74 Å². The van der Waals surface area contributed by atoms with Gasteiger partial charge in [-0.2, -0.15) is 0 Å². The summed E-state index contributed by atoms with van der Waals surface area (Å²) >= 11 is 0. The highest BCUT2D eigenvalue weighted by molar-refractivity contribution is 5.86. The van der Waals surface area contributed by atoms with Gasteiger partial charge in [-0.3, -0.25) is 9.55 Å². The van der Waals surface area contributed by atoms with E-state index >= 15 is 0 Å². The van der Waals surface area contributed by atoms with Crippen molar-refractivity contribution >= 4 is 48.4 Å². The third kappa shape index (κ3) is 4.64. The number of ether oxygens (including phenoxy) is 1. The molecule has 0 aromatic carbocycles. The molecule has 0 aliphatic carbocycles. The summed E-state index contributed by atoms with van der Waals surface area (Å²) in [6.45, 7) is 3.89. The van der Waals surface area contributed by atoms with Gasteiger partial charge in [-0.15, -0.1) is 37.2 Å². The number of aromatic nitrogens is 3. The van der Waals surface area contributed by atoms with Crippen LogP contribution in [-0.2, 0) is 0 Å². The molecule has 10 heteroatoms. The van der Waals surface area contributed by atoms with Crippen molar-refractivity contribution in [2.75, 3.05) is 33.2 Å². The van der Waals surface area contributed by atoms with Crippen molar-refractivity contribution in [1.82, 2.24) is 24.8 Å². The highest BCUT2D eigenvalue weighted by Gasteiger charge is 2.23. The molecule has 2 aliphatic heterocycles. The minimum Gasteiger partial charge on any atom is -0.487 e. The van der Waals surface area contributed by atoms with Gasteiger partial charge in [-0.1, -0.05) is 0 Å². The van der Waals surface area contributed by atoms with Crippen LogP contribution in [0.5, 0.6) is 5.75 Å². The second-order valence-corrected chi connectivity index (χ2v) is 6.61. The molecule has 2 aromatic rings. The maximum absolute atomic E-state index is 12.3. The van der Waals surface area contributed by atoms with Gasteiger partial charge in [-0.25, -0.2) is 9.78 Å². The summed E-state index contributed by atoms with van der Waals surface area (Å²) in [5, 5.41) is 3.34. The molecule has 0 unspecified atom stereocenters. The molecule has 26 heavy (non-hydrogen) atoms. The van der Waals surface area contributed by atoms with Crippen molar-refractivity contribution in [2.24, 2.45) is 0 Å². The Hall–Kier alpha value is -0.990. The van der Waals surface area contributed by atoms with Crippen molar-refractivity contribution < 1.29 is 4.74 Å². The average molecular weight is 427 g/mol. The zero-order valence-electron chi connectivity index (χ0n) is 14.6. The Morgan fingerprint density at radius 3 is 2.58 bits per heavy atom. The van der Waals surface area contributed by atoms with Crippen molar-refractivity contribution in [3.63, 3.8) is 0 Å². The predicted molar refractivity (Wildman–Crippen MR) is 110 cm³/mol. The number of nitrogens with one attached hydrogen (secondary N) is 2. The fourth-order valence-corrected chi connectivity index (χ4v) is 3.66. The number of pyridine rings is 1. The Morgan fingerprint density at radius 1 is 1.19 bits per heavy atom. The van der Waals surface area contributed by atoms with Crippen LogP contribution in [0.1, 0.15) is 25.3 Å². The summed E-state index contributed by atoms with van der Waals surface area (Å²) < 4.78 is 7.92. The second kappa shape index (κ2) is 9.80. The largest absolute Gasteiger partial charge is 0.487 e. The number of aromatic amines is 1. The number of nitrogens with zero attached hydrogens (tertiary/aromatic N) is 3. The smallest absolute Gasteiger partial charge is 0.327 e. The first-order chi connectivity index (χ1) is 11.2. The predicted octanol–water partition coefficient (Wildman–Crippen LogP) is 2.00. The van der Waals surface area contributed by atoms with Crippen LogP contribution in [0.4, 0.5) is 0 Å². The molecule has 2 aliphatic rings. The first kappa shape index (κ1) is 23.0. The van der Waals surface area contributed by atoms with Crippen molar-refractivity contribution in [3.05, 3.63) is 22.7 Å². The lowest BCUT2D eigenvalue weighted by Crippen LogP contribution is -2.33. The van der Waals surface area contributed by atoms with Gasteiger partial charge >= 0.3 is 5.69 Å². The maximum atomic E-state index is 12.3. The SMILES string of the molecule is CN1CC[C@@H](Oc2cnc3[nH]c(=O)n(C4CCNCC4)c3c2)C1.Cl.Cl.Cl. The molecule has 2 fully saturated rings. The number of hydrogen-bond donors (Lipinski definition) is 2. The summed E-state index contributed by atoms with van der Waals surface area (Å²) in [5.41, 5.74) is 1.42. The van der Waals surface area contributed by atoms with Crippen LogP contribution in [0.3, 0.4) is 0 Å². The lowest BCUT2D eigenvalue weighted by Gasteiger charge is -2.23. The highest BCUT2D eigenvalue weighted by Crippen LogP contribution is 2.25. The molecule has 2 N–H and O–H groups in total. The van der Waals surface area contributed by atoms with E-state index in [1.807, 2.05) is 10.6 Å². The third-order valence-electron chi connectivity index (χ3n) is 4.87. The Bertz CT molecular complexity index is 760. The quantitative estimate of drug-likeness (QED) is 0.785. The topological polar surface area (TPSA) is 75.2 Å². The normalized spacial score (nSPS) is 20.9. The Kier molecular flexibility index (Phi) is 8.69. The number of imidazole rings is 1. The molecular formula is C16H26Cl3N5O2. The van der Waals surface area contributed by atoms with E-state index in [1.54, 1.807) is 6.20 Å². The molecule has 0 saturated carbocycles. The van der Waals surface area contributed by atoms with Crippen LogP contribution in [0.2, 0.25) is 0 Å². The monoisotopic (exact) mass is 425 g/mol. The molecule has 2 aromatic heterocycles. The molecule has 0 radical (unpaired) electrons. The van der Waals surface area contributed by atoms with E-state index in [0.29, 0.717) is 5.65 Å². The standard InChI is InChI=1S/C16H23N5O2.3ClH/c1-20-7-4-12(10-20)23-13-8-14-15(18-9-13)19-16(22)21(14)11-2-5-17-6-3-11;;;/h8-9,11-12,17H,2-7,10H2,1H3,(H,18,19,22);3*1H/t12-;;;/m1.../s1. The van der Waals surface area contributed by atoms with Gasteiger partial charge < -0.3 is 15.0 Å². The van der Waals surface area contributed by atoms with E-state index in [1.165, 1.54) is 0 Å². The molecule has 4 heterocycles. The van der Waals surface area contributed by atoms with Crippen LogP contribution < -0.4 is 15.7 Å². The van der Waals surface area contributed by atoms with Crippen LogP contribution >= 0.6 is 37.2 Å². The number of halogens is 3. The summed E-state index contributed by atoms with van der Waals surface area (Å²) in [6.07, 6.45) is 4.88. The lowest BCUT2D eigenvalue weighted by atomic mass is 10.1. The molecule has 0 bridgehead atoms.